The van der Waals surface area contributed by atoms with Crippen molar-refractivity contribution in [3.63, 3.8) is 0 Å². The Morgan fingerprint density at radius 1 is 1.19 bits per heavy atom. The molecule has 0 aliphatic heterocycles. The average Bonchev–Trinajstić information content (AvgIpc) is 2.64. The van der Waals surface area contributed by atoms with Crippen LogP contribution in [0.15, 0.2) is 66.9 Å². The molecular formula is C23H23FN2O. The highest BCUT2D eigenvalue weighted by molar-refractivity contribution is 6.01. The Kier molecular flexibility index (Phi) is 5.08. The molecule has 0 aliphatic rings. The van der Waals surface area contributed by atoms with Gasteiger partial charge in [0.25, 0.3) is 0 Å². The molecular weight excluding hydrogens is 339 g/mol. The fourth-order valence-corrected chi connectivity index (χ4v) is 3.43. The first-order chi connectivity index (χ1) is 12.8. The zero-order valence-electron chi connectivity index (χ0n) is 15.8. The van der Waals surface area contributed by atoms with Gasteiger partial charge < -0.3 is 5.32 Å². The predicted molar refractivity (Wildman–Crippen MR) is 108 cm³/mol. The third-order valence-electron chi connectivity index (χ3n) is 4.93. The van der Waals surface area contributed by atoms with E-state index in [4.69, 9.17) is 0 Å². The van der Waals surface area contributed by atoms with Crippen molar-refractivity contribution in [2.24, 2.45) is 0 Å². The van der Waals surface area contributed by atoms with Crippen molar-refractivity contribution >= 4 is 22.5 Å². The number of benzene rings is 2. The Morgan fingerprint density at radius 3 is 2.56 bits per heavy atom. The molecule has 1 heterocycles. The number of carbonyl (C=O) groups is 1. The van der Waals surface area contributed by atoms with Gasteiger partial charge in [-0.3, -0.25) is 9.78 Å². The molecule has 1 aromatic heterocycles. The maximum Gasteiger partial charge on any atom is 0.235 e. The molecule has 3 aromatic rings. The van der Waals surface area contributed by atoms with Crippen LogP contribution in [0.1, 0.15) is 31.4 Å². The monoisotopic (exact) mass is 362 g/mol. The van der Waals surface area contributed by atoms with Gasteiger partial charge in [0.05, 0.1) is 17.3 Å². The molecule has 0 saturated heterocycles. The molecule has 27 heavy (non-hydrogen) atoms. The predicted octanol–water partition coefficient (Wildman–Crippen LogP) is 5.54. The Labute approximate surface area is 158 Å². The van der Waals surface area contributed by atoms with E-state index < -0.39 is 5.41 Å². The van der Waals surface area contributed by atoms with Gasteiger partial charge in [-0.25, -0.2) is 4.39 Å². The first-order valence-electron chi connectivity index (χ1n) is 8.88. The fraction of sp³-hybridized carbons (Fsp3) is 0.217. The van der Waals surface area contributed by atoms with Gasteiger partial charge in [0.1, 0.15) is 11.3 Å². The van der Waals surface area contributed by atoms with Gasteiger partial charge >= 0.3 is 0 Å². The quantitative estimate of drug-likeness (QED) is 0.605. The molecule has 0 radical (unpaired) electrons. The normalized spacial score (nSPS) is 13.2. The molecule has 0 bridgehead atoms. The lowest BCUT2D eigenvalue weighted by molar-refractivity contribution is -0.121. The lowest BCUT2D eigenvalue weighted by Gasteiger charge is -2.29. The third kappa shape index (κ3) is 3.61. The minimum Gasteiger partial charge on any atom is -0.324 e. The third-order valence-corrected chi connectivity index (χ3v) is 4.93. The van der Waals surface area contributed by atoms with Crippen molar-refractivity contribution in [2.45, 2.75) is 32.6 Å². The number of aryl methyl sites for hydroxylation is 1. The van der Waals surface area contributed by atoms with Crippen LogP contribution in [0, 0.1) is 12.7 Å². The zero-order valence-corrected chi connectivity index (χ0v) is 15.8. The molecule has 1 atom stereocenters. The second-order valence-corrected chi connectivity index (χ2v) is 7.22. The molecule has 0 saturated carbocycles. The Morgan fingerprint density at radius 2 is 1.89 bits per heavy atom. The SMILES string of the molecule is C=C(C)C[C@](C)(C(=O)Nc1cnc2c(F)cccc2c1C)c1ccccc1. The van der Waals surface area contributed by atoms with Crippen molar-refractivity contribution in [1.29, 1.82) is 0 Å². The van der Waals surface area contributed by atoms with Crippen molar-refractivity contribution in [1.82, 2.24) is 4.98 Å². The van der Waals surface area contributed by atoms with Crippen molar-refractivity contribution in [3.05, 3.63) is 83.8 Å². The number of hydrogen-bond acceptors (Lipinski definition) is 2. The van der Waals surface area contributed by atoms with Crippen LogP contribution in [0.4, 0.5) is 10.1 Å². The molecule has 0 unspecified atom stereocenters. The molecule has 3 nitrogen and oxygen atoms in total. The fourth-order valence-electron chi connectivity index (χ4n) is 3.43. The number of rotatable bonds is 5. The number of nitrogens with one attached hydrogen (secondary N) is 1. The number of carbonyl (C=O) groups excluding carboxylic acids is 1. The summed E-state index contributed by atoms with van der Waals surface area (Å²) in [6.07, 6.45) is 2.04. The first kappa shape index (κ1) is 18.8. The molecule has 1 amide bonds. The molecule has 0 aliphatic carbocycles. The molecule has 0 spiro atoms. The van der Waals surface area contributed by atoms with Crippen LogP contribution in [-0.4, -0.2) is 10.9 Å². The number of allylic oxidation sites excluding steroid dienone is 1. The maximum absolute atomic E-state index is 14.0. The average molecular weight is 362 g/mol. The van der Waals surface area contributed by atoms with Crippen LogP contribution in [0.5, 0.6) is 0 Å². The summed E-state index contributed by atoms with van der Waals surface area (Å²) in [5.41, 5.74) is 2.76. The van der Waals surface area contributed by atoms with E-state index in [0.29, 0.717) is 23.0 Å². The molecule has 1 N–H and O–H groups in total. The van der Waals surface area contributed by atoms with E-state index >= 15 is 0 Å². The van der Waals surface area contributed by atoms with E-state index in [-0.39, 0.29) is 11.7 Å². The highest BCUT2D eigenvalue weighted by atomic mass is 19.1. The molecule has 2 aromatic carbocycles. The van der Waals surface area contributed by atoms with Gasteiger partial charge in [-0.15, -0.1) is 6.58 Å². The minimum absolute atomic E-state index is 0.141. The summed E-state index contributed by atoms with van der Waals surface area (Å²) in [5.74, 6) is -0.512. The largest absolute Gasteiger partial charge is 0.324 e. The van der Waals surface area contributed by atoms with Crippen molar-refractivity contribution < 1.29 is 9.18 Å². The van der Waals surface area contributed by atoms with Gasteiger partial charge in [-0.2, -0.15) is 0 Å². The van der Waals surface area contributed by atoms with Crippen molar-refractivity contribution in [2.75, 3.05) is 5.32 Å². The molecule has 138 valence electrons. The number of amides is 1. The zero-order chi connectivity index (χ0) is 19.6. The number of anilines is 1. The minimum atomic E-state index is -0.767. The molecule has 0 fully saturated rings. The van der Waals surface area contributed by atoms with E-state index in [0.717, 1.165) is 16.7 Å². The summed E-state index contributed by atoms with van der Waals surface area (Å²) in [7, 11) is 0. The van der Waals surface area contributed by atoms with E-state index in [1.165, 1.54) is 12.3 Å². The first-order valence-corrected chi connectivity index (χ1v) is 8.88. The lowest BCUT2D eigenvalue weighted by atomic mass is 9.76. The highest BCUT2D eigenvalue weighted by Gasteiger charge is 2.35. The lowest BCUT2D eigenvalue weighted by Crippen LogP contribution is -2.38. The van der Waals surface area contributed by atoms with Gasteiger partial charge in [0, 0.05) is 5.39 Å². The van der Waals surface area contributed by atoms with Gasteiger partial charge in [-0.05, 0) is 44.4 Å². The summed E-state index contributed by atoms with van der Waals surface area (Å²) >= 11 is 0. The summed E-state index contributed by atoms with van der Waals surface area (Å²) in [6.45, 7) is 9.68. The Balaban J connectivity index is 2.00. The molecule has 3 rings (SSSR count). The van der Waals surface area contributed by atoms with Gasteiger partial charge in [0.2, 0.25) is 5.91 Å². The highest BCUT2D eigenvalue weighted by Crippen LogP contribution is 2.33. The standard InChI is InChI=1S/C23H23FN2O/c1-15(2)13-23(4,17-9-6-5-7-10-17)22(27)26-20-14-25-21-18(16(20)3)11-8-12-19(21)24/h5-12,14H,1,13H2,2-4H3,(H,26,27)/t23-/m0/s1. The Bertz CT molecular complexity index is 1010. The van der Waals surface area contributed by atoms with Gasteiger partial charge in [0.15, 0.2) is 0 Å². The summed E-state index contributed by atoms with van der Waals surface area (Å²) in [4.78, 5) is 17.5. The van der Waals surface area contributed by atoms with E-state index in [2.05, 4.69) is 16.9 Å². The van der Waals surface area contributed by atoms with E-state index in [1.807, 2.05) is 51.1 Å². The van der Waals surface area contributed by atoms with E-state index in [9.17, 15) is 9.18 Å². The van der Waals surface area contributed by atoms with Crippen LogP contribution < -0.4 is 5.32 Å². The Hall–Kier alpha value is -3.01. The summed E-state index contributed by atoms with van der Waals surface area (Å²) in [6, 6.07) is 14.5. The maximum atomic E-state index is 14.0. The number of pyridine rings is 1. The van der Waals surface area contributed by atoms with Crippen molar-refractivity contribution in [3.8, 4) is 0 Å². The van der Waals surface area contributed by atoms with Crippen LogP contribution >= 0.6 is 0 Å². The van der Waals surface area contributed by atoms with E-state index in [1.54, 1.807) is 12.1 Å². The number of nitrogens with zero attached hydrogens (tertiary/aromatic N) is 1. The van der Waals surface area contributed by atoms with Crippen LogP contribution in [-0.2, 0) is 10.2 Å². The number of halogens is 1. The summed E-state index contributed by atoms with van der Waals surface area (Å²) < 4.78 is 14.0. The molecule has 4 heteroatoms. The number of aromatic nitrogens is 1. The number of fused-ring (bicyclic) bond motifs is 1. The van der Waals surface area contributed by atoms with Crippen LogP contribution in [0.3, 0.4) is 0 Å². The van der Waals surface area contributed by atoms with Crippen LogP contribution in [0.2, 0.25) is 0 Å². The van der Waals surface area contributed by atoms with Crippen LogP contribution in [0.25, 0.3) is 10.9 Å². The second-order valence-electron chi connectivity index (χ2n) is 7.22. The topological polar surface area (TPSA) is 42.0 Å². The second kappa shape index (κ2) is 7.31. The smallest absolute Gasteiger partial charge is 0.235 e. The van der Waals surface area contributed by atoms with Gasteiger partial charge in [-0.1, -0.05) is 48.0 Å². The summed E-state index contributed by atoms with van der Waals surface area (Å²) in [5, 5.41) is 3.69. The number of para-hydroxylation sites is 1. The number of hydrogen-bond donors (Lipinski definition) is 1.